The largest absolute Gasteiger partial charge is 0.480 e. The van der Waals surface area contributed by atoms with Crippen molar-refractivity contribution in [1.29, 1.82) is 0 Å². The number of carbonyl (C=O) groups is 4. The van der Waals surface area contributed by atoms with Crippen LogP contribution in [0.5, 0.6) is 0 Å². The summed E-state index contributed by atoms with van der Waals surface area (Å²) in [5.74, 6) is -2.82. The number of carboxylic acids is 1. The molecule has 0 saturated carbocycles. The van der Waals surface area contributed by atoms with Gasteiger partial charge in [-0.05, 0) is 24.0 Å². The van der Waals surface area contributed by atoms with Crippen molar-refractivity contribution in [3.8, 4) is 0 Å². The van der Waals surface area contributed by atoms with Gasteiger partial charge in [-0.25, -0.2) is 4.79 Å². The van der Waals surface area contributed by atoms with Gasteiger partial charge in [0.1, 0.15) is 12.1 Å². The molecule has 9 nitrogen and oxygen atoms in total. The standard InChI is InChI=1S/C18H26N4O5S/c1-28-8-7-12(19)16(24)21-13(9-11-5-3-2-4-6-11)17(25)22-14(18(26)27)10-15(20)23/h2-6,12-14H,7-10,19H2,1H3,(H2,20,23)(H,21,24)(H,22,25)(H,26,27)/t12-,13-,14-/m0/s1. The Balaban J connectivity index is 2.92. The lowest BCUT2D eigenvalue weighted by Gasteiger charge is -2.22. The smallest absolute Gasteiger partial charge is 0.326 e. The molecule has 0 unspecified atom stereocenters. The highest BCUT2D eigenvalue weighted by Crippen LogP contribution is 2.06. The highest BCUT2D eigenvalue weighted by molar-refractivity contribution is 7.98. The minimum Gasteiger partial charge on any atom is -0.480 e. The van der Waals surface area contributed by atoms with Crippen LogP contribution >= 0.6 is 11.8 Å². The van der Waals surface area contributed by atoms with E-state index in [1.54, 1.807) is 36.0 Å². The third kappa shape index (κ3) is 8.40. The van der Waals surface area contributed by atoms with Crippen molar-refractivity contribution in [2.75, 3.05) is 12.0 Å². The van der Waals surface area contributed by atoms with Crippen LogP contribution in [0.4, 0.5) is 0 Å². The van der Waals surface area contributed by atoms with Gasteiger partial charge in [-0.2, -0.15) is 11.8 Å². The zero-order valence-corrected chi connectivity index (χ0v) is 16.4. The molecule has 0 fully saturated rings. The lowest BCUT2D eigenvalue weighted by molar-refractivity contribution is -0.143. The van der Waals surface area contributed by atoms with Gasteiger partial charge in [0.05, 0.1) is 12.5 Å². The van der Waals surface area contributed by atoms with Crippen LogP contribution in [0.1, 0.15) is 18.4 Å². The molecular weight excluding hydrogens is 384 g/mol. The van der Waals surface area contributed by atoms with Crippen LogP contribution in [-0.2, 0) is 25.6 Å². The monoisotopic (exact) mass is 410 g/mol. The number of carboxylic acid groups (broad SMARTS) is 1. The van der Waals surface area contributed by atoms with E-state index in [9.17, 15) is 24.3 Å². The summed E-state index contributed by atoms with van der Waals surface area (Å²) in [5, 5.41) is 14.0. The van der Waals surface area contributed by atoms with Gasteiger partial charge in [0.25, 0.3) is 0 Å². The van der Waals surface area contributed by atoms with E-state index < -0.39 is 48.2 Å². The average molecular weight is 410 g/mol. The normalized spacial score (nSPS) is 13.8. The molecule has 1 aromatic rings. The molecular formula is C18H26N4O5S. The van der Waals surface area contributed by atoms with E-state index in [1.807, 2.05) is 12.3 Å². The number of rotatable bonds is 12. The van der Waals surface area contributed by atoms with Crippen molar-refractivity contribution in [2.45, 2.75) is 37.4 Å². The van der Waals surface area contributed by atoms with Crippen LogP contribution < -0.4 is 22.1 Å². The van der Waals surface area contributed by atoms with Crippen LogP contribution in [0.3, 0.4) is 0 Å². The summed E-state index contributed by atoms with van der Waals surface area (Å²) in [4.78, 5) is 47.3. The minimum atomic E-state index is -1.48. The third-order valence-electron chi connectivity index (χ3n) is 3.91. The number of primary amides is 1. The molecule has 0 aliphatic rings. The van der Waals surface area contributed by atoms with Crippen molar-refractivity contribution in [3.05, 3.63) is 35.9 Å². The van der Waals surface area contributed by atoms with Crippen LogP contribution in [-0.4, -0.2) is 58.9 Å². The molecule has 0 bridgehead atoms. The van der Waals surface area contributed by atoms with E-state index in [0.29, 0.717) is 12.2 Å². The predicted molar refractivity (Wildman–Crippen MR) is 106 cm³/mol. The van der Waals surface area contributed by atoms with E-state index >= 15 is 0 Å². The fourth-order valence-electron chi connectivity index (χ4n) is 2.39. The molecule has 0 heterocycles. The summed E-state index contributed by atoms with van der Waals surface area (Å²) in [6.07, 6.45) is 1.91. The van der Waals surface area contributed by atoms with Crippen LogP contribution in [0.25, 0.3) is 0 Å². The molecule has 0 aliphatic heterocycles. The summed E-state index contributed by atoms with van der Waals surface area (Å²) in [6.45, 7) is 0. The Labute approximate surface area is 167 Å². The van der Waals surface area contributed by atoms with Gasteiger partial charge >= 0.3 is 5.97 Å². The van der Waals surface area contributed by atoms with Gasteiger partial charge in [0.2, 0.25) is 17.7 Å². The van der Waals surface area contributed by atoms with E-state index in [4.69, 9.17) is 11.5 Å². The van der Waals surface area contributed by atoms with Crippen LogP contribution in [0.15, 0.2) is 30.3 Å². The molecule has 3 atom stereocenters. The summed E-state index contributed by atoms with van der Waals surface area (Å²) in [5.41, 5.74) is 11.6. The highest BCUT2D eigenvalue weighted by Gasteiger charge is 2.29. The number of hydrogen-bond donors (Lipinski definition) is 5. The van der Waals surface area contributed by atoms with Gasteiger partial charge in [0.15, 0.2) is 0 Å². The Hall–Kier alpha value is -2.59. The molecule has 154 valence electrons. The molecule has 3 amide bonds. The first kappa shape index (κ1) is 23.4. The van der Waals surface area contributed by atoms with E-state index in [2.05, 4.69) is 10.6 Å². The maximum Gasteiger partial charge on any atom is 0.326 e. The summed E-state index contributed by atoms with van der Waals surface area (Å²) >= 11 is 1.54. The Morgan fingerprint density at radius 2 is 1.68 bits per heavy atom. The quantitative estimate of drug-likeness (QED) is 0.302. The topological polar surface area (TPSA) is 165 Å². The molecule has 7 N–H and O–H groups in total. The molecule has 10 heteroatoms. The van der Waals surface area contributed by atoms with Crippen LogP contribution in [0.2, 0.25) is 0 Å². The Bertz CT molecular complexity index is 686. The SMILES string of the molecule is CSCC[C@H](N)C(=O)N[C@@H](Cc1ccccc1)C(=O)N[C@@H](CC(N)=O)C(=O)O. The maximum atomic E-state index is 12.6. The second-order valence-corrected chi connectivity index (χ2v) is 7.19. The number of thioether (sulfide) groups is 1. The predicted octanol–water partition coefficient (Wildman–Crippen LogP) is -0.761. The Kier molecular flexibility index (Phi) is 10.0. The van der Waals surface area contributed by atoms with Crippen LogP contribution in [0, 0.1) is 0 Å². The molecule has 0 saturated heterocycles. The number of amides is 3. The first-order valence-electron chi connectivity index (χ1n) is 8.64. The van der Waals surface area contributed by atoms with Crippen molar-refractivity contribution in [2.24, 2.45) is 11.5 Å². The highest BCUT2D eigenvalue weighted by atomic mass is 32.2. The van der Waals surface area contributed by atoms with Crippen molar-refractivity contribution >= 4 is 35.5 Å². The lowest BCUT2D eigenvalue weighted by atomic mass is 10.0. The second-order valence-electron chi connectivity index (χ2n) is 6.21. The van der Waals surface area contributed by atoms with E-state index in [0.717, 1.165) is 5.56 Å². The minimum absolute atomic E-state index is 0.135. The fraction of sp³-hybridized carbons (Fsp3) is 0.444. The molecule has 1 aromatic carbocycles. The second kappa shape index (κ2) is 12.0. The first-order valence-corrected chi connectivity index (χ1v) is 10.0. The number of hydrogen-bond acceptors (Lipinski definition) is 6. The maximum absolute atomic E-state index is 12.6. The Morgan fingerprint density at radius 1 is 1.07 bits per heavy atom. The lowest BCUT2D eigenvalue weighted by Crippen LogP contribution is -2.55. The molecule has 1 rings (SSSR count). The first-order chi connectivity index (χ1) is 13.2. The summed E-state index contributed by atoms with van der Waals surface area (Å²) in [7, 11) is 0. The molecule has 0 aliphatic carbocycles. The number of carbonyl (C=O) groups excluding carboxylic acids is 3. The molecule has 0 spiro atoms. The number of nitrogens with two attached hydrogens (primary N) is 2. The average Bonchev–Trinajstić information content (AvgIpc) is 2.65. The van der Waals surface area contributed by atoms with Gasteiger partial charge in [-0.3, -0.25) is 14.4 Å². The number of benzene rings is 1. The number of nitrogens with one attached hydrogen (secondary N) is 2. The fourth-order valence-corrected chi connectivity index (χ4v) is 2.88. The molecule has 28 heavy (non-hydrogen) atoms. The molecule has 0 radical (unpaired) electrons. The third-order valence-corrected chi connectivity index (χ3v) is 4.55. The van der Waals surface area contributed by atoms with Crippen molar-refractivity contribution < 1.29 is 24.3 Å². The zero-order chi connectivity index (χ0) is 21.1. The van der Waals surface area contributed by atoms with Crippen molar-refractivity contribution in [1.82, 2.24) is 10.6 Å². The summed E-state index contributed by atoms with van der Waals surface area (Å²) in [6, 6.07) is 5.60. The zero-order valence-electron chi connectivity index (χ0n) is 15.6. The Morgan fingerprint density at radius 3 is 2.21 bits per heavy atom. The van der Waals surface area contributed by atoms with Gasteiger partial charge in [-0.1, -0.05) is 30.3 Å². The van der Waals surface area contributed by atoms with Gasteiger partial charge < -0.3 is 27.2 Å². The summed E-state index contributed by atoms with van der Waals surface area (Å²) < 4.78 is 0. The number of aliphatic carboxylic acids is 1. The van der Waals surface area contributed by atoms with E-state index in [1.165, 1.54) is 0 Å². The van der Waals surface area contributed by atoms with Crippen molar-refractivity contribution in [3.63, 3.8) is 0 Å². The molecule has 0 aromatic heterocycles. The van der Waals surface area contributed by atoms with Gasteiger partial charge in [-0.15, -0.1) is 0 Å². The van der Waals surface area contributed by atoms with E-state index in [-0.39, 0.29) is 6.42 Å². The van der Waals surface area contributed by atoms with Gasteiger partial charge in [0, 0.05) is 6.42 Å².